The van der Waals surface area contributed by atoms with E-state index in [1.54, 1.807) is 13.2 Å². The normalized spacial score (nSPS) is 11.2. The molecule has 0 saturated heterocycles. The SMILES string of the molecule is COc1cccc(Cn2c3cc(-c4c(Cl)cccc4Cl)c[c]c3c3c(C(N)=O)cccc32)c1. The van der Waals surface area contributed by atoms with Crippen molar-refractivity contribution in [3.05, 3.63) is 100 Å². The Kier molecular flexibility index (Phi) is 5.49. The molecule has 0 atom stereocenters. The highest BCUT2D eigenvalue weighted by Crippen LogP contribution is 2.39. The van der Waals surface area contributed by atoms with E-state index in [4.69, 9.17) is 33.7 Å². The first-order valence-electron chi connectivity index (χ1n) is 10.3. The lowest BCUT2D eigenvalue weighted by Crippen LogP contribution is -2.11. The van der Waals surface area contributed by atoms with E-state index >= 15 is 0 Å². The van der Waals surface area contributed by atoms with Crippen molar-refractivity contribution in [3.8, 4) is 16.9 Å². The van der Waals surface area contributed by atoms with E-state index in [1.165, 1.54) is 0 Å². The van der Waals surface area contributed by atoms with E-state index in [9.17, 15) is 4.79 Å². The molecule has 0 bridgehead atoms. The molecule has 0 unspecified atom stereocenters. The van der Waals surface area contributed by atoms with Gasteiger partial charge in [-0.2, -0.15) is 0 Å². The van der Waals surface area contributed by atoms with Gasteiger partial charge in [0.2, 0.25) is 5.91 Å². The molecule has 0 aliphatic carbocycles. The van der Waals surface area contributed by atoms with Crippen LogP contribution in [0.4, 0.5) is 0 Å². The van der Waals surface area contributed by atoms with Crippen LogP contribution in [0.25, 0.3) is 32.9 Å². The number of halogens is 2. The summed E-state index contributed by atoms with van der Waals surface area (Å²) in [5.74, 6) is 0.300. The van der Waals surface area contributed by atoms with Gasteiger partial charge in [0.05, 0.1) is 18.1 Å². The molecule has 1 amide bonds. The van der Waals surface area contributed by atoms with Crippen LogP contribution in [0.2, 0.25) is 10.0 Å². The van der Waals surface area contributed by atoms with Crippen molar-refractivity contribution in [2.75, 3.05) is 7.11 Å². The van der Waals surface area contributed by atoms with Gasteiger partial charge in [0, 0.05) is 38.5 Å². The second kappa shape index (κ2) is 8.47. The Hall–Kier alpha value is -3.47. The van der Waals surface area contributed by atoms with Crippen LogP contribution in [0.3, 0.4) is 0 Å². The molecule has 5 rings (SSSR count). The zero-order valence-corrected chi connectivity index (χ0v) is 19.2. The van der Waals surface area contributed by atoms with Gasteiger partial charge in [0.1, 0.15) is 5.75 Å². The van der Waals surface area contributed by atoms with Crippen LogP contribution in [0, 0.1) is 6.07 Å². The lowest BCUT2D eigenvalue weighted by atomic mass is 10.0. The number of fused-ring (bicyclic) bond motifs is 3. The summed E-state index contributed by atoms with van der Waals surface area (Å²) in [7, 11) is 1.65. The number of nitrogens with two attached hydrogens (primary N) is 1. The Morgan fingerprint density at radius 3 is 2.45 bits per heavy atom. The van der Waals surface area contributed by atoms with Gasteiger partial charge in [0.15, 0.2) is 0 Å². The first-order valence-corrected chi connectivity index (χ1v) is 11.1. The van der Waals surface area contributed by atoms with Crippen LogP contribution in [0.15, 0.2) is 72.8 Å². The van der Waals surface area contributed by atoms with Crippen LogP contribution in [-0.2, 0) is 6.54 Å². The fourth-order valence-electron chi connectivity index (χ4n) is 4.30. The summed E-state index contributed by atoms with van der Waals surface area (Å²) in [5, 5.41) is 2.71. The molecule has 6 heteroatoms. The Morgan fingerprint density at radius 2 is 1.73 bits per heavy atom. The maximum absolute atomic E-state index is 12.2. The second-order valence-corrected chi connectivity index (χ2v) is 8.56. The molecule has 0 saturated carbocycles. The number of amides is 1. The number of rotatable bonds is 5. The molecule has 0 spiro atoms. The Morgan fingerprint density at radius 1 is 1.00 bits per heavy atom. The minimum atomic E-state index is -0.479. The number of hydrogen-bond acceptors (Lipinski definition) is 2. The molecule has 0 aliphatic rings. The molecular weight excluding hydrogens is 455 g/mol. The number of ether oxygens (including phenoxy) is 1. The van der Waals surface area contributed by atoms with E-state index in [0.717, 1.165) is 44.2 Å². The predicted molar refractivity (Wildman–Crippen MR) is 134 cm³/mol. The van der Waals surface area contributed by atoms with Crippen LogP contribution < -0.4 is 10.5 Å². The highest BCUT2D eigenvalue weighted by Gasteiger charge is 2.18. The number of methoxy groups -OCH3 is 1. The van der Waals surface area contributed by atoms with Gasteiger partial charge >= 0.3 is 0 Å². The number of primary amides is 1. The van der Waals surface area contributed by atoms with E-state index in [2.05, 4.69) is 10.6 Å². The molecule has 1 aromatic heterocycles. The average molecular weight is 474 g/mol. The van der Waals surface area contributed by atoms with Crippen molar-refractivity contribution < 1.29 is 9.53 Å². The topological polar surface area (TPSA) is 57.2 Å². The highest BCUT2D eigenvalue weighted by atomic mass is 35.5. The fourth-order valence-corrected chi connectivity index (χ4v) is 4.92. The monoisotopic (exact) mass is 473 g/mol. The molecule has 1 heterocycles. The van der Waals surface area contributed by atoms with E-state index in [1.807, 2.05) is 66.7 Å². The molecule has 5 aromatic rings. The second-order valence-electron chi connectivity index (χ2n) is 7.75. The zero-order chi connectivity index (χ0) is 23.1. The molecule has 163 valence electrons. The summed E-state index contributed by atoms with van der Waals surface area (Å²) in [6, 6.07) is 26.2. The fraction of sp³-hybridized carbons (Fsp3) is 0.0741. The number of carbonyl (C=O) groups excluding carboxylic acids is 1. The van der Waals surface area contributed by atoms with E-state index in [0.29, 0.717) is 22.2 Å². The first kappa shape index (κ1) is 21.4. The lowest BCUT2D eigenvalue weighted by molar-refractivity contribution is 0.100. The van der Waals surface area contributed by atoms with Gasteiger partial charge in [-0.1, -0.05) is 47.5 Å². The van der Waals surface area contributed by atoms with Gasteiger partial charge in [-0.3, -0.25) is 4.79 Å². The Labute approximate surface area is 201 Å². The maximum Gasteiger partial charge on any atom is 0.249 e. The quantitative estimate of drug-likeness (QED) is 0.307. The number of benzene rings is 4. The molecule has 4 nitrogen and oxygen atoms in total. The average Bonchev–Trinajstić information content (AvgIpc) is 3.12. The number of hydrogen-bond donors (Lipinski definition) is 1. The first-order chi connectivity index (χ1) is 16.0. The van der Waals surface area contributed by atoms with Crippen LogP contribution in [0.5, 0.6) is 5.75 Å². The third-order valence-electron chi connectivity index (χ3n) is 5.79. The number of nitrogens with zero attached hydrogens (tertiary/aromatic N) is 1. The van der Waals surface area contributed by atoms with E-state index < -0.39 is 5.91 Å². The van der Waals surface area contributed by atoms with Crippen LogP contribution in [0.1, 0.15) is 15.9 Å². The zero-order valence-electron chi connectivity index (χ0n) is 17.7. The van der Waals surface area contributed by atoms with Gasteiger partial charge in [-0.25, -0.2) is 0 Å². The van der Waals surface area contributed by atoms with E-state index in [-0.39, 0.29) is 0 Å². The van der Waals surface area contributed by atoms with Crippen LogP contribution in [-0.4, -0.2) is 17.6 Å². The third kappa shape index (κ3) is 3.71. The summed E-state index contributed by atoms with van der Waals surface area (Å²) in [4.78, 5) is 12.2. The van der Waals surface area contributed by atoms with Gasteiger partial charge < -0.3 is 15.0 Å². The standard InChI is InChI=1S/C27H19Cl2N2O2/c1-33-18-6-2-5-16(13-18)15-31-23-10-3-7-20(27(30)32)26(23)19-12-11-17(14-24(19)31)25-21(28)8-4-9-22(25)29/h2-11,13-14H,15H2,1H3,(H2,30,32). The molecule has 33 heavy (non-hydrogen) atoms. The minimum absolute atomic E-state index is 0.460. The van der Waals surface area contributed by atoms with Crippen molar-refractivity contribution in [3.63, 3.8) is 0 Å². The molecule has 2 N–H and O–H groups in total. The van der Waals surface area contributed by atoms with Crippen molar-refractivity contribution in [2.45, 2.75) is 6.54 Å². The number of aromatic nitrogens is 1. The molecule has 0 aliphatic heterocycles. The summed E-state index contributed by atoms with van der Waals surface area (Å²) in [5.41, 5.74) is 10.6. The summed E-state index contributed by atoms with van der Waals surface area (Å²) in [6.45, 7) is 0.562. The van der Waals surface area contributed by atoms with Gasteiger partial charge in [-0.05, 0) is 65.7 Å². The Bertz CT molecular complexity index is 1520. The van der Waals surface area contributed by atoms with Crippen molar-refractivity contribution in [1.29, 1.82) is 0 Å². The minimum Gasteiger partial charge on any atom is -0.497 e. The molecule has 0 fully saturated rings. The molecule has 4 aromatic carbocycles. The van der Waals surface area contributed by atoms with Crippen LogP contribution >= 0.6 is 23.2 Å². The lowest BCUT2D eigenvalue weighted by Gasteiger charge is -2.11. The van der Waals surface area contributed by atoms with Gasteiger partial charge in [-0.15, -0.1) is 0 Å². The third-order valence-corrected chi connectivity index (χ3v) is 6.42. The van der Waals surface area contributed by atoms with Crippen molar-refractivity contribution in [1.82, 2.24) is 4.57 Å². The predicted octanol–water partition coefficient (Wildman–Crippen LogP) is 6.72. The molecular formula is C27H19Cl2N2O2. The summed E-state index contributed by atoms with van der Waals surface area (Å²) >= 11 is 13.0. The Balaban J connectivity index is 1.81. The molecule has 1 radical (unpaired) electrons. The summed E-state index contributed by atoms with van der Waals surface area (Å²) in [6.07, 6.45) is 0. The summed E-state index contributed by atoms with van der Waals surface area (Å²) < 4.78 is 7.55. The number of carbonyl (C=O) groups is 1. The largest absolute Gasteiger partial charge is 0.497 e. The van der Waals surface area contributed by atoms with Gasteiger partial charge in [0.25, 0.3) is 0 Å². The van der Waals surface area contributed by atoms with Crippen molar-refractivity contribution >= 4 is 50.9 Å². The maximum atomic E-state index is 12.2. The van der Waals surface area contributed by atoms with Crippen molar-refractivity contribution in [2.24, 2.45) is 5.73 Å². The highest BCUT2D eigenvalue weighted by molar-refractivity contribution is 6.39. The smallest absolute Gasteiger partial charge is 0.249 e.